The Bertz CT molecular complexity index is 968. The van der Waals surface area contributed by atoms with Gasteiger partial charge >= 0.3 is 0 Å². The summed E-state index contributed by atoms with van der Waals surface area (Å²) >= 11 is 1.42. The van der Waals surface area contributed by atoms with Gasteiger partial charge in [0.05, 0.1) is 16.0 Å². The van der Waals surface area contributed by atoms with Crippen molar-refractivity contribution in [1.29, 1.82) is 10.5 Å². The minimum Gasteiger partial charge on any atom is -0.222 e. The van der Waals surface area contributed by atoms with Gasteiger partial charge < -0.3 is 0 Å². The van der Waals surface area contributed by atoms with Crippen LogP contribution in [0.4, 0.5) is 0 Å². The van der Waals surface area contributed by atoms with E-state index in [2.05, 4.69) is 6.92 Å². The lowest BCUT2D eigenvalue weighted by atomic mass is 9.85. The molecule has 0 heterocycles. The molecule has 0 saturated heterocycles. The van der Waals surface area contributed by atoms with Crippen molar-refractivity contribution < 1.29 is 8.42 Å². The van der Waals surface area contributed by atoms with Gasteiger partial charge in [0.2, 0.25) is 0 Å². The van der Waals surface area contributed by atoms with Crippen molar-refractivity contribution in [2.75, 3.05) is 6.26 Å². The first kappa shape index (κ1) is 16.9. The summed E-state index contributed by atoms with van der Waals surface area (Å²) in [7, 11) is -3.77. The van der Waals surface area contributed by atoms with E-state index in [1.54, 1.807) is 6.07 Å². The maximum atomic E-state index is 13.9. The molecule has 4 nitrogen and oxygen atoms in total. The number of benzene rings is 1. The molecule has 0 aromatic heterocycles. The van der Waals surface area contributed by atoms with Gasteiger partial charge in [-0.2, -0.15) is 10.5 Å². The summed E-state index contributed by atoms with van der Waals surface area (Å²) in [5, 5.41) is 18.8. The van der Waals surface area contributed by atoms with E-state index >= 15 is 0 Å². The Hall–Kier alpha value is -1.50. The molecular formula is C19H20N2O2S2. The van der Waals surface area contributed by atoms with E-state index in [9.17, 15) is 18.9 Å². The summed E-state index contributed by atoms with van der Waals surface area (Å²) in [4.78, 5) is 0.0259. The number of thioether (sulfide) groups is 1. The molecule has 1 aromatic rings. The Morgan fingerprint density at radius 2 is 2.00 bits per heavy atom. The maximum Gasteiger partial charge on any atom is 0.195 e. The molecule has 4 rings (SSSR count). The van der Waals surface area contributed by atoms with E-state index in [0.29, 0.717) is 12.3 Å². The molecule has 1 spiro atoms. The minimum atomic E-state index is -3.77. The third kappa shape index (κ3) is 1.50. The second-order valence-corrected chi connectivity index (χ2v) is 10.9. The predicted octanol–water partition coefficient (Wildman–Crippen LogP) is 3.72. The highest BCUT2D eigenvalue weighted by molar-refractivity contribution is 8.14. The van der Waals surface area contributed by atoms with Gasteiger partial charge in [-0.05, 0) is 54.9 Å². The lowest BCUT2D eigenvalue weighted by molar-refractivity contribution is 0.293. The Kier molecular flexibility index (Phi) is 3.26. The molecule has 3 saturated carbocycles. The van der Waals surface area contributed by atoms with Crippen LogP contribution in [-0.4, -0.2) is 18.8 Å². The summed E-state index contributed by atoms with van der Waals surface area (Å²) in [6.07, 6.45) is 4.40. The van der Waals surface area contributed by atoms with Gasteiger partial charge in [0.1, 0.15) is 16.2 Å². The Morgan fingerprint density at radius 3 is 2.40 bits per heavy atom. The zero-order chi connectivity index (χ0) is 18.3. The average Bonchev–Trinajstić information content (AvgIpc) is 3.54. The molecule has 130 valence electrons. The van der Waals surface area contributed by atoms with E-state index < -0.39 is 13.9 Å². The molecule has 0 amide bonds. The third-order valence-corrected chi connectivity index (χ3v) is 12.1. The van der Waals surface area contributed by atoms with Crippen molar-refractivity contribution in [1.82, 2.24) is 0 Å². The molecule has 5 unspecified atom stereocenters. The van der Waals surface area contributed by atoms with Crippen LogP contribution >= 0.6 is 11.8 Å². The van der Waals surface area contributed by atoms with E-state index in [-0.39, 0.29) is 26.9 Å². The summed E-state index contributed by atoms with van der Waals surface area (Å²) in [5.74, 6) is 1.28. The average molecular weight is 373 g/mol. The monoisotopic (exact) mass is 372 g/mol. The molecule has 1 aromatic carbocycles. The predicted molar refractivity (Wildman–Crippen MR) is 96.3 cm³/mol. The fourth-order valence-electron chi connectivity index (χ4n) is 6.06. The zero-order valence-corrected chi connectivity index (χ0v) is 16.2. The first-order valence-corrected chi connectivity index (χ1v) is 11.3. The van der Waals surface area contributed by atoms with Gasteiger partial charge in [0.15, 0.2) is 9.84 Å². The van der Waals surface area contributed by atoms with Gasteiger partial charge in [-0.15, -0.1) is 11.8 Å². The summed E-state index contributed by atoms with van der Waals surface area (Å²) < 4.78 is 26.8. The normalized spacial score (nSPS) is 36.2. The number of fused-ring (bicyclic) bond motifs is 1. The van der Waals surface area contributed by atoms with Gasteiger partial charge in [-0.1, -0.05) is 19.9 Å². The molecule has 0 radical (unpaired) electrons. The second-order valence-electron chi connectivity index (χ2n) is 7.37. The number of hydrogen-bond acceptors (Lipinski definition) is 5. The summed E-state index contributed by atoms with van der Waals surface area (Å²) in [5.41, 5.74) is 0.200. The van der Waals surface area contributed by atoms with E-state index in [1.807, 2.05) is 25.3 Å². The first-order chi connectivity index (χ1) is 11.9. The van der Waals surface area contributed by atoms with Gasteiger partial charge in [-0.25, -0.2) is 8.42 Å². The molecular weight excluding hydrogens is 352 g/mol. The first-order valence-electron chi connectivity index (χ1n) is 8.63. The molecule has 6 heteroatoms. The van der Waals surface area contributed by atoms with E-state index in [4.69, 9.17) is 0 Å². The van der Waals surface area contributed by atoms with E-state index in [0.717, 1.165) is 18.8 Å². The van der Waals surface area contributed by atoms with Crippen LogP contribution in [0, 0.1) is 45.3 Å². The minimum absolute atomic E-state index is 0.0118. The van der Waals surface area contributed by atoms with Crippen LogP contribution in [0.25, 0.3) is 0 Å². The van der Waals surface area contributed by atoms with Crippen LogP contribution in [0.3, 0.4) is 0 Å². The van der Waals surface area contributed by atoms with E-state index in [1.165, 1.54) is 23.9 Å². The number of sulfone groups is 1. The molecule has 0 N–H and O–H groups in total. The molecule has 3 aliphatic rings. The van der Waals surface area contributed by atoms with Crippen LogP contribution < -0.4 is 0 Å². The van der Waals surface area contributed by atoms with Crippen molar-refractivity contribution in [2.45, 2.75) is 42.1 Å². The fraction of sp³-hybridized carbons (Fsp3) is 0.579. The van der Waals surface area contributed by atoms with Crippen LogP contribution in [0.5, 0.6) is 0 Å². The van der Waals surface area contributed by atoms with Gasteiger partial charge in [0, 0.05) is 5.41 Å². The third-order valence-electron chi connectivity index (χ3n) is 7.20. The maximum absolute atomic E-state index is 13.9. The van der Waals surface area contributed by atoms with Gasteiger partial charge in [-0.3, -0.25) is 0 Å². The fourth-order valence-corrected chi connectivity index (χ4v) is 10.7. The molecule has 0 bridgehead atoms. The molecule has 3 fully saturated rings. The van der Waals surface area contributed by atoms with Crippen molar-refractivity contribution in [3.05, 3.63) is 29.3 Å². The number of nitriles is 2. The molecule has 25 heavy (non-hydrogen) atoms. The largest absolute Gasteiger partial charge is 0.222 e. The highest BCUT2D eigenvalue weighted by atomic mass is 32.3. The highest BCUT2D eigenvalue weighted by Gasteiger charge is 3.07. The molecule has 3 aliphatic carbocycles. The second kappa shape index (κ2) is 4.81. The Morgan fingerprint density at radius 1 is 1.32 bits per heavy atom. The van der Waals surface area contributed by atoms with Crippen molar-refractivity contribution in [2.24, 2.45) is 22.7 Å². The number of rotatable bonds is 6. The van der Waals surface area contributed by atoms with Crippen molar-refractivity contribution in [3.63, 3.8) is 0 Å². The Balaban J connectivity index is 1.93. The Labute approximate surface area is 153 Å². The molecule has 0 aliphatic heterocycles. The van der Waals surface area contributed by atoms with Crippen molar-refractivity contribution >= 4 is 21.6 Å². The lowest BCUT2D eigenvalue weighted by Gasteiger charge is -2.42. The lowest BCUT2D eigenvalue weighted by Crippen LogP contribution is -2.47. The highest BCUT2D eigenvalue weighted by Crippen LogP contribution is 3.10. The topological polar surface area (TPSA) is 81.7 Å². The van der Waals surface area contributed by atoms with Crippen molar-refractivity contribution in [3.8, 4) is 12.1 Å². The zero-order valence-electron chi connectivity index (χ0n) is 14.5. The van der Waals surface area contributed by atoms with Gasteiger partial charge in [0.25, 0.3) is 0 Å². The molecule has 5 atom stereocenters. The summed E-state index contributed by atoms with van der Waals surface area (Å²) in [6.45, 7) is 4.04. The SMILES string of the molecule is CCC1(C(CC)(SC)S(=O)(=O)c2cccc(C#N)c2C#N)C2C3CC321. The summed E-state index contributed by atoms with van der Waals surface area (Å²) in [6, 6.07) is 8.48. The smallest absolute Gasteiger partial charge is 0.195 e. The quantitative estimate of drug-likeness (QED) is 0.760. The number of hydrogen-bond donors (Lipinski definition) is 0. The van der Waals surface area contributed by atoms with Crippen LogP contribution in [0.15, 0.2) is 23.1 Å². The standard InChI is InChI=1S/C19H20N2O2S2/c1-4-18(16-14-9-17(14,16)18)19(5-2,24-3)25(22,23)15-8-6-7-12(10-20)13(15)11-21/h6-8,14,16H,4-5,9H2,1-3H3. The van der Waals surface area contributed by atoms with Crippen LogP contribution in [0.1, 0.15) is 44.2 Å². The van der Waals surface area contributed by atoms with Crippen LogP contribution in [0.2, 0.25) is 0 Å². The number of nitrogens with zero attached hydrogens (tertiary/aromatic N) is 2. The van der Waals surface area contributed by atoms with Crippen LogP contribution in [-0.2, 0) is 9.84 Å².